The van der Waals surface area contributed by atoms with Crippen LogP contribution < -0.4 is 11.1 Å². The summed E-state index contributed by atoms with van der Waals surface area (Å²) < 4.78 is 3.02. The SMILES string of the molecule is Cc1cccc(C(C)C)c1-n1c(=O)c(=O)n(C2CCN(C(=O)O)CC2)c2cc(Cl)c(-c3cc(O)cc4ccccc34)cc21. The second-order valence-electron chi connectivity index (χ2n) is 11.5. The highest BCUT2D eigenvalue weighted by molar-refractivity contribution is 6.34. The topological polar surface area (TPSA) is 105 Å². The number of carboxylic acid groups (broad SMARTS) is 1. The van der Waals surface area contributed by atoms with Gasteiger partial charge in [-0.05, 0) is 77.4 Å². The molecule has 1 aliphatic heterocycles. The standard InChI is InChI=1S/C34H32ClN3O5/c1-19(2)24-10-6-7-20(3)31(24)38-29-17-27(26-16-23(39)15-21-8-4-5-9-25(21)26)28(35)18-30(29)37(32(40)33(38)41)22-11-13-36(14-12-22)34(42)43/h4-10,15-19,22,39H,11-14H2,1-3H3,(H,42,43). The zero-order valence-electron chi connectivity index (χ0n) is 24.2. The molecule has 220 valence electrons. The number of carbonyl (C=O) groups is 1. The van der Waals surface area contributed by atoms with Gasteiger partial charge in [-0.2, -0.15) is 0 Å². The van der Waals surface area contributed by atoms with E-state index >= 15 is 0 Å². The number of piperidine rings is 1. The van der Waals surface area contributed by atoms with Crippen molar-refractivity contribution in [2.24, 2.45) is 0 Å². The molecule has 0 bridgehead atoms. The molecule has 0 saturated carbocycles. The van der Waals surface area contributed by atoms with Gasteiger partial charge in [-0.1, -0.05) is 67.9 Å². The predicted molar refractivity (Wildman–Crippen MR) is 170 cm³/mol. The molecule has 43 heavy (non-hydrogen) atoms. The number of aromatic nitrogens is 2. The quantitative estimate of drug-likeness (QED) is 0.215. The Kier molecular flexibility index (Phi) is 7.26. The van der Waals surface area contributed by atoms with Gasteiger partial charge in [0.2, 0.25) is 0 Å². The molecule has 1 amide bonds. The molecule has 0 spiro atoms. The van der Waals surface area contributed by atoms with Crippen LogP contribution in [0.25, 0.3) is 38.6 Å². The second-order valence-corrected chi connectivity index (χ2v) is 11.9. The summed E-state index contributed by atoms with van der Waals surface area (Å²) in [4.78, 5) is 41.1. The third kappa shape index (κ3) is 4.85. The van der Waals surface area contributed by atoms with Crippen LogP contribution in [-0.4, -0.2) is 43.4 Å². The maximum absolute atomic E-state index is 14.2. The van der Waals surface area contributed by atoms with E-state index in [0.29, 0.717) is 45.7 Å². The number of rotatable bonds is 4. The molecule has 1 aromatic heterocycles. The van der Waals surface area contributed by atoms with Gasteiger partial charge in [0.05, 0.1) is 21.7 Å². The number of likely N-dealkylation sites (tertiary alicyclic amines) is 1. The molecule has 0 aliphatic carbocycles. The molecule has 6 rings (SSSR count). The summed E-state index contributed by atoms with van der Waals surface area (Å²) in [5.74, 6) is 0.153. The van der Waals surface area contributed by atoms with Gasteiger partial charge in [0, 0.05) is 24.7 Å². The summed E-state index contributed by atoms with van der Waals surface area (Å²) >= 11 is 7.00. The van der Waals surface area contributed by atoms with Crippen LogP contribution in [-0.2, 0) is 0 Å². The Labute approximate surface area is 253 Å². The summed E-state index contributed by atoms with van der Waals surface area (Å²) in [5.41, 5.74) is 3.39. The molecule has 8 nitrogen and oxygen atoms in total. The molecule has 1 aliphatic rings. The molecule has 0 unspecified atom stereocenters. The number of phenolic OH excluding ortho intramolecular Hbond substituents is 1. The van der Waals surface area contributed by atoms with Gasteiger partial charge in [-0.15, -0.1) is 0 Å². The highest BCUT2D eigenvalue weighted by Crippen LogP contribution is 2.40. The van der Waals surface area contributed by atoms with Crippen molar-refractivity contribution in [2.45, 2.75) is 45.6 Å². The van der Waals surface area contributed by atoms with E-state index in [1.54, 1.807) is 18.2 Å². The minimum Gasteiger partial charge on any atom is -0.508 e. The van der Waals surface area contributed by atoms with E-state index in [2.05, 4.69) is 0 Å². The maximum atomic E-state index is 14.2. The number of hydrogen-bond acceptors (Lipinski definition) is 4. The van der Waals surface area contributed by atoms with Crippen molar-refractivity contribution in [1.29, 1.82) is 0 Å². The van der Waals surface area contributed by atoms with Crippen molar-refractivity contribution >= 4 is 39.5 Å². The first-order chi connectivity index (χ1) is 20.6. The van der Waals surface area contributed by atoms with E-state index in [-0.39, 0.29) is 30.8 Å². The number of amides is 1. The summed E-state index contributed by atoms with van der Waals surface area (Å²) in [6.07, 6.45) is -0.218. The Morgan fingerprint density at radius 2 is 1.63 bits per heavy atom. The summed E-state index contributed by atoms with van der Waals surface area (Å²) in [5, 5.41) is 22.1. The van der Waals surface area contributed by atoms with E-state index < -0.39 is 17.2 Å². The number of phenols is 1. The van der Waals surface area contributed by atoms with Crippen LogP contribution in [0.2, 0.25) is 5.02 Å². The van der Waals surface area contributed by atoms with E-state index in [0.717, 1.165) is 21.9 Å². The molecular formula is C34H32ClN3O5. The number of aromatic hydroxyl groups is 1. The van der Waals surface area contributed by atoms with Gasteiger partial charge >= 0.3 is 17.2 Å². The second kappa shape index (κ2) is 10.9. The molecular weight excluding hydrogens is 566 g/mol. The Balaban J connectivity index is 1.72. The monoisotopic (exact) mass is 597 g/mol. The van der Waals surface area contributed by atoms with Crippen molar-refractivity contribution in [2.75, 3.05) is 13.1 Å². The number of aryl methyl sites for hydroxylation is 1. The molecule has 2 N–H and O–H groups in total. The molecule has 9 heteroatoms. The fourth-order valence-electron chi connectivity index (χ4n) is 6.42. The summed E-state index contributed by atoms with van der Waals surface area (Å²) in [7, 11) is 0. The Bertz CT molecular complexity index is 2040. The highest BCUT2D eigenvalue weighted by atomic mass is 35.5. The number of nitrogens with zero attached hydrogens (tertiary/aromatic N) is 3. The molecule has 1 saturated heterocycles. The molecule has 1 fully saturated rings. The molecule has 2 heterocycles. The van der Waals surface area contributed by atoms with Gasteiger partial charge in [0.25, 0.3) is 0 Å². The van der Waals surface area contributed by atoms with Crippen molar-refractivity contribution in [1.82, 2.24) is 14.0 Å². The molecule has 0 radical (unpaired) electrons. The van der Waals surface area contributed by atoms with Crippen LogP contribution in [0.3, 0.4) is 0 Å². The first-order valence-corrected chi connectivity index (χ1v) is 14.7. The Morgan fingerprint density at radius 3 is 2.33 bits per heavy atom. The fraction of sp³-hybridized carbons (Fsp3) is 0.265. The lowest BCUT2D eigenvalue weighted by Crippen LogP contribution is -2.46. The van der Waals surface area contributed by atoms with Crippen LogP contribution in [0.1, 0.15) is 49.8 Å². The zero-order chi connectivity index (χ0) is 30.6. The van der Waals surface area contributed by atoms with Gasteiger partial charge < -0.3 is 15.1 Å². The Morgan fingerprint density at radius 1 is 0.907 bits per heavy atom. The van der Waals surface area contributed by atoms with Crippen molar-refractivity contribution < 1.29 is 15.0 Å². The normalized spacial score (nSPS) is 14.2. The van der Waals surface area contributed by atoms with E-state index in [1.165, 1.54) is 14.0 Å². The van der Waals surface area contributed by atoms with E-state index in [1.807, 2.05) is 69.3 Å². The average molecular weight is 598 g/mol. The van der Waals surface area contributed by atoms with Crippen LogP contribution >= 0.6 is 11.6 Å². The number of benzene rings is 4. The minimum absolute atomic E-state index is 0.0708. The molecule has 5 aromatic rings. The van der Waals surface area contributed by atoms with Crippen molar-refractivity contribution in [3.63, 3.8) is 0 Å². The van der Waals surface area contributed by atoms with Crippen LogP contribution in [0.5, 0.6) is 5.75 Å². The summed E-state index contributed by atoms with van der Waals surface area (Å²) in [6.45, 7) is 6.53. The highest BCUT2D eigenvalue weighted by Gasteiger charge is 2.28. The van der Waals surface area contributed by atoms with E-state index in [9.17, 15) is 24.6 Å². The van der Waals surface area contributed by atoms with Crippen LogP contribution in [0, 0.1) is 6.92 Å². The van der Waals surface area contributed by atoms with Crippen LogP contribution in [0.4, 0.5) is 4.79 Å². The Hall–Kier alpha value is -4.56. The van der Waals surface area contributed by atoms with Gasteiger partial charge in [-0.25, -0.2) is 4.79 Å². The van der Waals surface area contributed by atoms with Crippen molar-refractivity contribution in [3.8, 4) is 22.6 Å². The smallest absolute Gasteiger partial charge is 0.407 e. The number of hydrogen-bond donors (Lipinski definition) is 2. The molecule has 4 aromatic carbocycles. The number of fused-ring (bicyclic) bond motifs is 2. The zero-order valence-corrected chi connectivity index (χ0v) is 24.9. The van der Waals surface area contributed by atoms with Gasteiger partial charge in [0.15, 0.2) is 0 Å². The van der Waals surface area contributed by atoms with E-state index in [4.69, 9.17) is 11.6 Å². The lowest BCUT2D eigenvalue weighted by molar-refractivity contribution is 0.125. The lowest BCUT2D eigenvalue weighted by Gasteiger charge is -2.32. The van der Waals surface area contributed by atoms with Gasteiger partial charge in [-0.3, -0.25) is 18.7 Å². The maximum Gasteiger partial charge on any atom is 0.407 e. The third-order valence-electron chi connectivity index (χ3n) is 8.52. The number of para-hydroxylation sites is 1. The predicted octanol–water partition coefficient (Wildman–Crippen LogP) is 7.08. The summed E-state index contributed by atoms with van der Waals surface area (Å²) in [6, 6.07) is 20.0. The minimum atomic E-state index is -1.00. The fourth-order valence-corrected chi connectivity index (χ4v) is 6.68. The van der Waals surface area contributed by atoms with Crippen molar-refractivity contribution in [3.05, 3.63) is 104 Å². The van der Waals surface area contributed by atoms with Crippen LogP contribution in [0.15, 0.2) is 76.3 Å². The van der Waals surface area contributed by atoms with Gasteiger partial charge in [0.1, 0.15) is 5.75 Å². The lowest BCUT2D eigenvalue weighted by atomic mass is 9.96. The largest absolute Gasteiger partial charge is 0.508 e. The first-order valence-electron chi connectivity index (χ1n) is 14.4. The molecule has 0 atom stereocenters. The number of halogens is 1. The average Bonchev–Trinajstić information content (AvgIpc) is 2.98. The first kappa shape index (κ1) is 28.6. The third-order valence-corrected chi connectivity index (χ3v) is 8.83.